The first-order valence-electron chi connectivity index (χ1n) is 9.26. The van der Waals surface area contributed by atoms with Crippen LogP contribution in [0, 0.1) is 0 Å². The molecule has 0 N–H and O–H groups in total. The number of hydrogen-bond acceptors (Lipinski definition) is 4. The van der Waals surface area contributed by atoms with Crippen molar-refractivity contribution >= 4 is 16.6 Å². The van der Waals surface area contributed by atoms with Crippen LogP contribution in [0.3, 0.4) is 0 Å². The van der Waals surface area contributed by atoms with E-state index in [9.17, 15) is 0 Å². The first-order chi connectivity index (χ1) is 12.7. The highest BCUT2D eigenvalue weighted by molar-refractivity contribution is 5.81. The van der Waals surface area contributed by atoms with Gasteiger partial charge in [0, 0.05) is 31.2 Å². The Morgan fingerprint density at radius 1 is 1.12 bits per heavy atom. The molecular weight excluding hydrogens is 322 g/mol. The minimum absolute atomic E-state index is 0.165. The molecule has 4 rings (SSSR count). The van der Waals surface area contributed by atoms with E-state index in [2.05, 4.69) is 71.2 Å². The molecule has 4 heteroatoms. The molecule has 0 aliphatic carbocycles. The number of hydrogen-bond donors (Lipinski definition) is 0. The second-order valence-corrected chi connectivity index (χ2v) is 6.94. The number of para-hydroxylation sites is 3. The number of ether oxygens (including phenoxy) is 1. The van der Waals surface area contributed by atoms with Crippen LogP contribution < -0.4 is 9.64 Å². The third-order valence-corrected chi connectivity index (χ3v) is 4.98. The van der Waals surface area contributed by atoms with Crippen LogP contribution >= 0.6 is 0 Å². The van der Waals surface area contributed by atoms with Gasteiger partial charge in [0.1, 0.15) is 11.9 Å². The van der Waals surface area contributed by atoms with Crippen LogP contribution in [0.5, 0.6) is 5.75 Å². The number of nitrogens with zero attached hydrogens (tertiary/aromatic N) is 3. The van der Waals surface area contributed by atoms with Crippen LogP contribution in [0.4, 0.5) is 5.69 Å². The molecule has 134 valence electrons. The van der Waals surface area contributed by atoms with Crippen molar-refractivity contribution in [3.05, 3.63) is 66.4 Å². The van der Waals surface area contributed by atoms with Gasteiger partial charge in [0.2, 0.25) is 0 Å². The zero-order valence-corrected chi connectivity index (χ0v) is 15.4. The second kappa shape index (κ2) is 7.34. The molecular formula is C22H25N3O. The van der Waals surface area contributed by atoms with Crippen molar-refractivity contribution in [2.45, 2.75) is 19.6 Å². The van der Waals surface area contributed by atoms with E-state index in [4.69, 9.17) is 4.74 Å². The normalized spacial score (nSPS) is 16.6. The number of pyridine rings is 1. The lowest BCUT2D eigenvalue weighted by Crippen LogP contribution is -2.45. The molecule has 2 aromatic carbocycles. The lowest BCUT2D eigenvalue weighted by molar-refractivity contribution is 0.140. The highest BCUT2D eigenvalue weighted by Crippen LogP contribution is 2.33. The van der Waals surface area contributed by atoms with Crippen molar-refractivity contribution in [1.29, 1.82) is 0 Å². The summed E-state index contributed by atoms with van der Waals surface area (Å²) >= 11 is 0. The summed E-state index contributed by atoms with van der Waals surface area (Å²) < 4.78 is 6.26. The monoisotopic (exact) mass is 347 g/mol. The SMILES string of the molecule is CCN1CC(CN(C)Cc2cccc3cccnc23)Oc2ccccc21. The van der Waals surface area contributed by atoms with Gasteiger partial charge >= 0.3 is 0 Å². The number of benzene rings is 2. The third-order valence-electron chi connectivity index (χ3n) is 4.98. The topological polar surface area (TPSA) is 28.6 Å². The van der Waals surface area contributed by atoms with Crippen LogP contribution in [-0.4, -0.2) is 42.7 Å². The molecule has 0 spiro atoms. The molecule has 4 nitrogen and oxygen atoms in total. The van der Waals surface area contributed by atoms with Crippen LogP contribution in [0.1, 0.15) is 12.5 Å². The minimum Gasteiger partial charge on any atom is -0.485 e. The Bertz CT molecular complexity index is 890. The molecule has 1 unspecified atom stereocenters. The van der Waals surface area contributed by atoms with E-state index < -0.39 is 0 Å². The number of fused-ring (bicyclic) bond motifs is 2. The van der Waals surface area contributed by atoms with Gasteiger partial charge in [-0.25, -0.2) is 0 Å². The van der Waals surface area contributed by atoms with Crippen LogP contribution in [0.25, 0.3) is 10.9 Å². The van der Waals surface area contributed by atoms with Gasteiger partial charge in [-0.1, -0.05) is 36.4 Å². The smallest absolute Gasteiger partial charge is 0.143 e. The summed E-state index contributed by atoms with van der Waals surface area (Å²) in [6.45, 7) is 5.86. The van der Waals surface area contributed by atoms with Gasteiger partial charge in [0.05, 0.1) is 17.7 Å². The Balaban J connectivity index is 1.47. The lowest BCUT2D eigenvalue weighted by Gasteiger charge is -2.37. The molecule has 1 aromatic heterocycles. The van der Waals surface area contributed by atoms with Crippen molar-refractivity contribution in [3.63, 3.8) is 0 Å². The Kier molecular flexibility index (Phi) is 4.76. The molecule has 1 atom stereocenters. The predicted octanol–water partition coefficient (Wildman–Crippen LogP) is 3.95. The van der Waals surface area contributed by atoms with Gasteiger partial charge < -0.3 is 9.64 Å². The van der Waals surface area contributed by atoms with Crippen LogP contribution in [0.15, 0.2) is 60.8 Å². The van der Waals surface area contributed by atoms with E-state index in [-0.39, 0.29) is 6.10 Å². The van der Waals surface area contributed by atoms with Gasteiger partial charge in [-0.05, 0) is 37.7 Å². The van der Waals surface area contributed by atoms with E-state index in [1.54, 1.807) is 0 Å². The fourth-order valence-corrected chi connectivity index (χ4v) is 3.77. The molecule has 0 saturated carbocycles. The van der Waals surface area contributed by atoms with Crippen LogP contribution in [0.2, 0.25) is 0 Å². The largest absolute Gasteiger partial charge is 0.485 e. The average molecular weight is 347 g/mol. The fraction of sp³-hybridized carbons (Fsp3) is 0.318. The number of anilines is 1. The number of rotatable bonds is 5. The molecule has 1 aliphatic heterocycles. The molecule has 0 fully saturated rings. The second-order valence-electron chi connectivity index (χ2n) is 6.94. The summed E-state index contributed by atoms with van der Waals surface area (Å²) in [7, 11) is 2.15. The molecule has 2 heterocycles. The van der Waals surface area contributed by atoms with Crippen LogP contribution in [-0.2, 0) is 6.54 Å². The van der Waals surface area contributed by atoms with Crippen molar-refractivity contribution in [2.24, 2.45) is 0 Å². The molecule has 1 aliphatic rings. The van der Waals surface area contributed by atoms with Gasteiger partial charge in [-0.3, -0.25) is 9.88 Å². The van der Waals surface area contributed by atoms with E-state index in [1.165, 1.54) is 16.6 Å². The maximum Gasteiger partial charge on any atom is 0.143 e. The van der Waals surface area contributed by atoms with Crippen molar-refractivity contribution in [3.8, 4) is 5.75 Å². The minimum atomic E-state index is 0.165. The number of likely N-dealkylation sites (N-methyl/N-ethyl adjacent to an activating group) is 2. The maximum absolute atomic E-state index is 6.26. The Morgan fingerprint density at radius 3 is 2.85 bits per heavy atom. The van der Waals surface area contributed by atoms with E-state index in [1.807, 2.05) is 18.3 Å². The van der Waals surface area contributed by atoms with Gasteiger partial charge in [0.25, 0.3) is 0 Å². The maximum atomic E-state index is 6.26. The summed E-state index contributed by atoms with van der Waals surface area (Å²) in [4.78, 5) is 9.30. The highest BCUT2D eigenvalue weighted by atomic mass is 16.5. The Morgan fingerprint density at radius 2 is 1.96 bits per heavy atom. The Hall–Kier alpha value is -2.59. The molecule has 0 radical (unpaired) electrons. The molecule has 0 amide bonds. The van der Waals surface area contributed by atoms with Gasteiger partial charge in [-0.2, -0.15) is 0 Å². The summed E-state index contributed by atoms with van der Waals surface area (Å²) in [6, 6.07) is 18.8. The molecule has 26 heavy (non-hydrogen) atoms. The van der Waals surface area contributed by atoms with Crippen molar-refractivity contribution in [1.82, 2.24) is 9.88 Å². The van der Waals surface area contributed by atoms with Crippen molar-refractivity contribution < 1.29 is 4.74 Å². The van der Waals surface area contributed by atoms with Gasteiger partial charge in [0.15, 0.2) is 0 Å². The highest BCUT2D eigenvalue weighted by Gasteiger charge is 2.25. The molecule has 0 bridgehead atoms. The molecule has 0 saturated heterocycles. The van der Waals surface area contributed by atoms with E-state index >= 15 is 0 Å². The lowest BCUT2D eigenvalue weighted by atomic mass is 10.1. The quantitative estimate of drug-likeness (QED) is 0.699. The standard InChI is InChI=1S/C22H25N3O/c1-3-25-16-19(26-21-12-5-4-11-20(21)25)15-24(2)14-18-9-6-8-17-10-7-13-23-22(17)18/h4-13,19H,3,14-16H2,1-2H3. The zero-order chi connectivity index (χ0) is 17.9. The van der Waals surface area contributed by atoms with E-state index in [0.717, 1.165) is 37.4 Å². The predicted molar refractivity (Wildman–Crippen MR) is 107 cm³/mol. The number of aromatic nitrogens is 1. The third kappa shape index (κ3) is 3.37. The van der Waals surface area contributed by atoms with Gasteiger partial charge in [-0.15, -0.1) is 0 Å². The first-order valence-corrected chi connectivity index (χ1v) is 9.26. The zero-order valence-electron chi connectivity index (χ0n) is 15.4. The average Bonchev–Trinajstić information content (AvgIpc) is 2.67. The Labute approximate surface area is 155 Å². The summed E-state index contributed by atoms with van der Waals surface area (Å²) in [5.41, 5.74) is 3.55. The van der Waals surface area contributed by atoms with E-state index in [0.29, 0.717) is 0 Å². The summed E-state index contributed by atoms with van der Waals surface area (Å²) in [5, 5.41) is 1.19. The molecule has 3 aromatic rings. The fourth-order valence-electron chi connectivity index (χ4n) is 3.77. The van der Waals surface area contributed by atoms with Crippen molar-refractivity contribution in [2.75, 3.05) is 31.6 Å². The summed E-state index contributed by atoms with van der Waals surface area (Å²) in [6.07, 6.45) is 2.03. The summed E-state index contributed by atoms with van der Waals surface area (Å²) in [5.74, 6) is 0.992. The first kappa shape index (κ1) is 16.9.